The zero-order chi connectivity index (χ0) is 22.5. The Kier molecular flexibility index (Phi) is 8.39. The summed E-state index contributed by atoms with van der Waals surface area (Å²) in [6.07, 6.45) is -2.50. The highest BCUT2D eigenvalue weighted by molar-refractivity contribution is 7.36. The second kappa shape index (κ2) is 10.4. The number of aromatic nitrogens is 2. The zero-order valence-corrected chi connectivity index (χ0v) is 17.8. The molecule has 0 aromatic carbocycles. The lowest BCUT2D eigenvalue weighted by molar-refractivity contribution is -0.145. The van der Waals surface area contributed by atoms with Gasteiger partial charge < -0.3 is 14.6 Å². The van der Waals surface area contributed by atoms with Crippen LogP contribution in [0.25, 0.3) is 0 Å². The molecule has 13 heteroatoms. The van der Waals surface area contributed by atoms with Crippen LogP contribution in [0, 0.1) is 0 Å². The van der Waals surface area contributed by atoms with Crippen LogP contribution >= 0.6 is 8.18 Å². The minimum absolute atomic E-state index is 0.233. The maximum absolute atomic E-state index is 15.1. The summed E-state index contributed by atoms with van der Waals surface area (Å²) >= 11 is 0. The van der Waals surface area contributed by atoms with Crippen molar-refractivity contribution in [2.75, 3.05) is 13.2 Å². The largest absolute Gasteiger partial charge is 0.613 e. The van der Waals surface area contributed by atoms with Crippen LogP contribution in [0.1, 0.15) is 39.8 Å². The summed E-state index contributed by atoms with van der Waals surface area (Å²) in [6.45, 7) is 4.33. The van der Waals surface area contributed by atoms with Crippen LogP contribution in [-0.2, 0) is 23.4 Å². The Balaban J connectivity index is 2.00. The van der Waals surface area contributed by atoms with Gasteiger partial charge in [0.25, 0.3) is 5.56 Å². The molecule has 1 saturated heterocycles. The van der Waals surface area contributed by atoms with Crippen molar-refractivity contribution >= 4 is 14.1 Å². The first kappa shape index (κ1) is 24.3. The number of esters is 1. The van der Waals surface area contributed by atoms with E-state index in [2.05, 4.69) is 5.09 Å². The summed E-state index contributed by atoms with van der Waals surface area (Å²) in [5.41, 5.74) is -3.97. The average molecular weight is 450 g/mol. The molecule has 0 saturated carbocycles. The van der Waals surface area contributed by atoms with Crippen molar-refractivity contribution in [2.45, 2.75) is 63.8 Å². The number of hydrogen-bond donors (Lipinski definition) is 3. The number of ether oxygens (including phenoxy) is 2. The fourth-order valence-electron chi connectivity index (χ4n) is 2.88. The van der Waals surface area contributed by atoms with Crippen LogP contribution < -0.4 is 16.3 Å². The Labute approximate surface area is 172 Å². The van der Waals surface area contributed by atoms with Gasteiger partial charge >= 0.3 is 19.8 Å². The van der Waals surface area contributed by atoms with Gasteiger partial charge in [-0.2, -0.15) is 0 Å². The average Bonchev–Trinajstić information content (AvgIpc) is 2.92. The number of halogens is 1. The SMILES string of the molecule is CCCOC(=O)[C@H](CC)N[P+](=O)OC[C@H]1O[C@@H](n2ccc(=O)[nH]c2=O)[C@](C)(F)[C@@H]1O. The number of aliphatic hydroxyl groups excluding tert-OH is 1. The van der Waals surface area contributed by atoms with Gasteiger partial charge in [-0.05, 0) is 24.3 Å². The Hall–Kier alpha value is -1.98. The van der Waals surface area contributed by atoms with E-state index >= 15 is 4.39 Å². The van der Waals surface area contributed by atoms with Crippen LogP contribution in [0.4, 0.5) is 4.39 Å². The molecule has 11 nitrogen and oxygen atoms in total. The smallest absolute Gasteiger partial charge is 0.464 e. The Morgan fingerprint density at radius 1 is 1.50 bits per heavy atom. The standard InChI is InChI=1S/C17H25FN3O8P/c1-4-8-27-14(24)10(5-2)20-30(26)28-9-11-13(23)17(3,18)15(29-11)21-7-6-12(22)19-16(21)25/h6-7,10-11,13,15,23H,4-5,8-9H2,1-3H3,(H-,19,20,22,25,26)/p+1/t10-,11+,13+,15+,17+/m0/s1. The monoisotopic (exact) mass is 450 g/mol. The molecule has 1 aromatic heterocycles. The van der Waals surface area contributed by atoms with Crippen molar-refractivity contribution in [2.24, 2.45) is 0 Å². The molecule has 0 amide bonds. The second-order valence-electron chi connectivity index (χ2n) is 6.95. The Morgan fingerprint density at radius 3 is 2.80 bits per heavy atom. The number of aliphatic hydroxyl groups is 1. The van der Waals surface area contributed by atoms with Crippen molar-refractivity contribution in [1.29, 1.82) is 0 Å². The highest BCUT2D eigenvalue weighted by atomic mass is 31.1. The summed E-state index contributed by atoms with van der Waals surface area (Å²) in [4.78, 5) is 37.0. The third-order valence-corrected chi connectivity index (χ3v) is 5.49. The lowest BCUT2D eigenvalue weighted by atomic mass is 9.98. The van der Waals surface area contributed by atoms with E-state index in [1.807, 2.05) is 11.9 Å². The molecule has 168 valence electrons. The number of hydrogen-bond acceptors (Lipinski definition) is 8. The molecule has 1 aliphatic heterocycles. The van der Waals surface area contributed by atoms with Gasteiger partial charge in [0.05, 0.1) is 6.61 Å². The van der Waals surface area contributed by atoms with Gasteiger partial charge in [-0.15, -0.1) is 4.52 Å². The van der Waals surface area contributed by atoms with E-state index in [-0.39, 0.29) is 6.61 Å². The van der Waals surface area contributed by atoms with E-state index in [1.165, 1.54) is 0 Å². The molecule has 30 heavy (non-hydrogen) atoms. The lowest BCUT2D eigenvalue weighted by Crippen LogP contribution is -2.43. The number of nitrogens with one attached hydrogen (secondary N) is 2. The second-order valence-corrected chi connectivity index (χ2v) is 7.98. The fraction of sp³-hybridized carbons (Fsp3) is 0.706. The summed E-state index contributed by atoms with van der Waals surface area (Å²) < 4.78 is 43.5. The molecule has 0 bridgehead atoms. The molecule has 0 radical (unpaired) electrons. The van der Waals surface area contributed by atoms with Gasteiger partial charge in [0.1, 0.15) is 18.8 Å². The highest BCUT2D eigenvalue weighted by Gasteiger charge is 2.56. The van der Waals surface area contributed by atoms with Crippen LogP contribution in [-0.4, -0.2) is 57.8 Å². The molecule has 6 atom stereocenters. The van der Waals surface area contributed by atoms with E-state index in [9.17, 15) is 24.1 Å². The lowest BCUT2D eigenvalue weighted by Gasteiger charge is -2.24. The van der Waals surface area contributed by atoms with E-state index in [0.717, 1.165) is 23.8 Å². The van der Waals surface area contributed by atoms with Gasteiger partial charge in [0.15, 0.2) is 17.9 Å². The van der Waals surface area contributed by atoms with Gasteiger partial charge in [-0.25, -0.2) is 9.18 Å². The molecule has 3 N–H and O–H groups in total. The maximum atomic E-state index is 15.1. The first-order chi connectivity index (χ1) is 14.1. The van der Waals surface area contributed by atoms with Gasteiger partial charge in [0.2, 0.25) is 0 Å². The van der Waals surface area contributed by atoms with Crippen LogP contribution in [0.5, 0.6) is 0 Å². The van der Waals surface area contributed by atoms with E-state index < -0.39 is 62.2 Å². The van der Waals surface area contributed by atoms with Crippen molar-refractivity contribution in [3.8, 4) is 0 Å². The molecule has 0 aliphatic carbocycles. The number of nitrogens with zero attached hydrogens (tertiary/aromatic N) is 1. The van der Waals surface area contributed by atoms with Crippen LogP contribution in [0.2, 0.25) is 0 Å². The summed E-state index contributed by atoms with van der Waals surface area (Å²) in [7, 11) is -2.55. The van der Waals surface area contributed by atoms with Gasteiger partial charge in [-0.3, -0.25) is 19.1 Å². The Morgan fingerprint density at radius 2 is 2.20 bits per heavy atom. The van der Waals surface area contributed by atoms with Gasteiger partial charge in [-0.1, -0.05) is 18.9 Å². The number of alkyl halides is 1. The number of aromatic amines is 1. The van der Waals surface area contributed by atoms with Crippen LogP contribution in [0.15, 0.2) is 21.9 Å². The first-order valence-corrected chi connectivity index (χ1v) is 10.7. The van der Waals surface area contributed by atoms with Crippen molar-refractivity contribution < 1.29 is 32.9 Å². The van der Waals surface area contributed by atoms with Crippen molar-refractivity contribution in [1.82, 2.24) is 14.6 Å². The third-order valence-electron chi connectivity index (χ3n) is 4.58. The highest BCUT2D eigenvalue weighted by Crippen LogP contribution is 2.41. The number of carbonyl (C=O) groups excluding carboxylic acids is 1. The molecular formula is C17H26FN3O8P+. The van der Waals surface area contributed by atoms with E-state index in [1.54, 1.807) is 6.92 Å². The molecule has 1 unspecified atom stereocenters. The summed E-state index contributed by atoms with van der Waals surface area (Å²) in [5, 5.41) is 12.7. The first-order valence-electron chi connectivity index (χ1n) is 9.48. The van der Waals surface area contributed by atoms with E-state index in [4.69, 9.17) is 14.0 Å². The zero-order valence-electron chi connectivity index (χ0n) is 16.9. The molecule has 1 fully saturated rings. The predicted molar refractivity (Wildman–Crippen MR) is 103 cm³/mol. The van der Waals surface area contributed by atoms with Gasteiger partial charge in [0, 0.05) is 12.3 Å². The van der Waals surface area contributed by atoms with Crippen molar-refractivity contribution in [3.63, 3.8) is 0 Å². The maximum Gasteiger partial charge on any atom is 0.613 e. The quantitative estimate of drug-likeness (QED) is 0.342. The number of carbonyl (C=O) groups is 1. The van der Waals surface area contributed by atoms with Crippen LogP contribution in [0.3, 0.4) is 0 Å². The molecule has 2 heterocycles. The molecule has 0 spiro atoms. The minimum Gasteiger partial charge on any atom is -0.464 e. The molecule has 1 aliphatic rings. The third kappa shape index (κ3) is 5.58. The fourth-order valence-corrected chi connectivity index (χ4v) is 3.78. The molecule has 1 aromatic rings. The molecular weight excluding hydrogens is 424 g/mol. The Bertz CT molecular complexity index is 873. The predicted octanol–water partition coefficient (Wildman–Crippen LogP) is 0.518. The van der Waals surface area contributed by atoms with Crippen molar-refractivity contribution in [3.05, 3.63) is 33.1 Å². The topological polar surface area (TPSA) is 149 Å². The number of H-pyrrole nitrogens is 1. The summed E-state index contributed by atoms with van der Waals surface area (Å²) in [6, 6.07) is 0.161. The number of rotatable bonds is 10. The minimum atomic E-state index is -2.55. The molecule has 2 rings (SSSR count). The summed E-state index contributed by atoms with van der Waals surface area (Å²) in [5.74, 6) is -0.572. The normalized spacial score (nSPS) is 27.6. The van der Waals surface area contributed by atoms with E-state index in [0.29, 0.717) is 12.8 Å².